The summed E-state index contributed by atoms with van der Waals surface area (Å²) in [6.45, 7) is 4.46. The average molecular weight is 266 g/mol. The van der Waals surface area contributed by atoms with Crippen molar-refractivity contribution in [2.75, 3.05) is 34.3 Å². The normalized spacial score (nSPS) is 12.5. The Hall–Kier alpha value is -0.660. The van der Waals surface area contributed by atoms with Crippen LogP contribution in [0.5, 0.6) is 0 Å². The number of carbonyl (C=O) groups is 1. The molecule has 0 aliphatic rings. The lowest BCUT2D eigenvalue weighted by molar-refractivity contribution is -0.140. The maximum absolute atomic E-state index is 12.0. The predicted molar refractivity (Wildman–Crippen MR) is 65.7 cm³/mol. The molecule has 0 aliphatic heterocycles. The van der Waals surface area contributed by atoms with Gasteiger partial charge in [-0.1, -0.05) is 13.8 Å². The molecule has 0 radical (unpaired) electrons. The van der Waals surface area contributed by atoms with Gasteiger partial charge in [0.1, 0.15) is 0 Å². The van der Waals surface area contributed by atoms with Gasteiger partial charge in [0.05, 0.1) is 13.5 Å². The predicted octanol–water partition coefficient (Wildman–Crippen LogP) is 0.314. The molecule has 0 bridgehead atoms. The minimum Gasteiger partial charge on any atom is -0.469 e. The Balaban J connectivity index is 4.44. The summed E-state index contributed by atoms with van der Waals surface area (Å²) in [7, 11) is 0.786. The molecule has 0 heterocycles. The van der Waals surface area contributed by atoms with Crippen LogP contribution in [0.1, 0.15) is 20.3 Å². The first-order valence-electron chi connectivity index (χ1n) is 5.46. The van der Waals surface area contributed by atoms with E-state index in [2.05, 4.69) is 4.74 Å². The molecule has 6 nitrogen and oxygen atoms in total. The van der Waals surface area contributed by atoms with Gasteiger partial charge in [0.25, 0.3) is 10.2 Å². The fourth-order valence-corrected chi connectivity index (χ4v) is 2.60. The highest BCUT2D eigenvalue weighted by Crippen LogP contribution is 2.07. The molecule has 0 saturated heterocycles. The summed E-state index contributed by atoms with van der Waals surface area (Å²) in [4.78, 5) is 10.9. The zero-order chi connectivity index (χ0) is 13.6. The number of hydrogen-bond donors (Lipinski definition) is 0. The number of carbonyl (C=O) groups excluding carboxylic acids is 1. The average Bonchev–Trinajstić information content (AvgIpc) is 2.23. The van der Waals surface area contributed by atoms with E-state index in [1.807, 2.05) is 13.8 Å². The van der Waals surface area contributed by atoms with Crippen molar-refractivity contribution in [3.8, 4) is 0 Å². The molecule has 0 spiro atoms. The van der Waals surface area contributed by atoms with Gasteiger partial charge in [0.15, 0.2) is 0 Å². The van der Waals surface area contributed by atoms with Crippen molar-refractivity contribution in [1.29, 1.82) is 0 Å². The van der Waals surface area contributed by atoms with Crippen molar-refractivity contribution in [3.05, 3.63) is 0 Å². The molecule has 102 valence electrons. The second-order valence-corrected chi connectivity index (χ2v) is 6.47. The van der Waals surface area contributed by atoms with Crippen LogP contribution in [0.15, 0.2) is 0 Å². The van der Waals surface area contributed by atoms with Crippen LogP contribution in [0.25, 0.3) is 0 Å². The van der Waals surface area contributed by atoms with E-state index >= 15 is 0 Å². The molecule has 0 fully saturated rings. The molecule has 0 N–H and O–H groups in total. The van der Waals surface area contributed by atoms with Gasteiger partial charge in [0, 0.05) is 27.2 Å². The lowest BCUT2D eigenvalue weighted by Crippen LogP contribution is -2.42. The molecule has 0 unspecified atom stereocenters. The number of ether oxygens (including phenoxy) is 1. The lowest BCUT2D eigenvalue weighted by atomic mass is 10.2. The summed E-state index contributed by atoms with van der Waals surface area (Å²) in [6.07, 6.45) is 0.0573. The Morgan fingerprint density at radius 3 is 2.18 bits per heavy atom. The van der Waals surface area contributed by atoms with Crippen LogP contribution < -0.4 is 0 Å². The summed E-state index contributed by atoms with van der Waals surface area (Å²) >= 11 is 0. The van der Waals surface area contributed by atoms with Crippen LogP contribution in [0.4, 0.5) is 0 Å². The van der Waals surface area contributed by atoms with Crippen molar-refractivity contribution in [1.82, 2.24) is 8.61 Å². The minimum absolute atomic E-state index is 0.0573. The van der Waals surface area contributed by atoms with Crippen LogP contribution in [-0.4, -0.2) is 57.3 Å². The topological polar surface area (TPSA) is 66.9 Å². The molecule has 0 aromatic rings. The lowest BCUT2D eigenvalue weighted by Gasteiger charge is -2.25. The fourth-order valence-electron chi connectivity index (χ4n) is 1.31. The highest BCUT2D eigenvalue weighted by molar-refractivity contribution is 7.86. The Morgan fingerprint density at radius 1 is 1.24 bits per heavy atom. The van der Waals surface area contributed by atoms with Gasteiger partial charge < -0.3 is 4.74 Å². The van der Waals surface area contributed by atoms with E-state index in [0.29, 0.717) is 6.54 Å². The molecule has 0 atom stereocenters. The Bertz CT molecular complexity index is 340. The van der Waals surface area contributed by atoms with Crippen LogP contribution in [0, 0.1) is 5.92 Å². The molecular weight excluding hydrogens is 244 g/mol. The van der Waals surface area contributed by atoms with E-state index in [1.54, 1.807) is 0 Å². The summed E-state index contributed by atoms with van der Waals surface area (Å²) in [5.74, 6) is -0.164. The van der Waals surface area contributed by atoms with Crippen LogP contribution >= 0.6 is 0 Å². The SMILES string of the molecule is COC(=O)CCN(C)S(=O)(=O)N(C)CC(C)C. The van der Waals surface area contributed by atoms with Gasteiger partial charge in [-0.15, -0.1) is 0 Å². The zero-order valence-electron chi connectivity index (χ0n) is 11.1. The van der Waals surface area contributed by atoms with Crippen LogP contribution in [-0.2, 0) is 19.7 Å². The quantitative estimate of drug-likeness (QED) is 0.622. The zero-order valence-corrected chi connectivity index (χ0v) is 12.0. The number of esters is 1. The van der Waals surface area contributed by atoms with Gasteiger partial charge in [0.2, 0.25) is 0 Å². The van der Waals surface area contributed by atoms with Crippen molar-refractivity contribution >= 4 is 16.2 Å². The van der Waals surface area contributed by atoms with E-state index in [1.165, 1.54) is 25.5 Å². The van der Waals surface area contributed by atoms with Crippen molar-refractivity contribution < 1.29 is 17.9 Å². The minimum atomic E-state index is -3.48. The Labute approximate surface area is 104 Å². The smallest absolute Gasteiger partial charge is 0.306 e. The first kappa shape index (κ1) is 16.3. The molecule has 0 aliphatic carbocycles. The summed E-state index contributed by atoms with van der Waals surface area (Å²) in [6, 6.07) is 0. The third-order valence-electron chi connectivity index (χ3n) is 2.27. The number of nitrogens with zero attached hydrogens (tertiary/aromatic N) is 2. The van der Waals surface area contributed by atoms with Crippen molar-refractivity contribution in [2.24, 2.45) is 5.92 Å². The summed E-state index contributed by atoms with van der Waals surface area (Å²) in [5, 5.41) is 0. The van der Waals surface area contributed by atoms with E-state index in [4.69, 9.17) is 0 Å². The van der Waals surface area contributed by atoms with E-state index in [0.717, 1.165) is 4.31 Å². The van der Waals surface area contributed by atoms with Gasteiger partial charge >= 0.3 is 5.97 Å². The second-order valence-electron chi connectivity index (χ2n) is 4.33. The largest absolute Gasteiger partial charge is 0.469 e. The molecule has 0 rings (SSSR count). The molecule has 0 amide bonds. The Morgan fingerprint density at radius 2 is 1.76 bits per heavy atom. The van der Waals surface area contributed by atoms with E-state index < -0.39 is 16.2 Å². The fraction of sp³-hybridized carbons (Fsp3) is 0.900. The number of hydrogen-bond acceptors (Lipinski definition) is 4. The van der Waals surface area contributed by atoms with E-state index in [-0.39, 0.29) is 18.9 Å². The van der Waals surface area contributed by atoms with Gasteiger partial charge in [-0.2, -0.15) is 17.0 Å². The molecule has 0 aromatic carbocycles. The van der Waals surface area contributed by atoms with Gasteiger partial charge in [-0.05, 0) is 5.92 Å². The van der Waals surface area contributed by atoms with Crippen molar-refractivity contribution in [3.63, 3.8) is 0 Å². The molecular formula is C10H22N2O4S. The van der Waals surface area contributed by atoms with Gasteiger partial charge in [-0.25, -0.2) is 0 Å². The van der Waals surface area contributed by atoms with Crippen LogP contribution in [0.2, 0.25) is 0 Å². The third kappa shape index (κ3) is 5.47. The molecule has 7 heteroatoms. The molecule has 0 aromatic heterocycles. The van der Waals surface area contributed by atoms with Gasteiger partial charge in [-0.3, -0.25) is 4.79 Å². The highest BCUT2D eigenvalue weighted by atomic mass is 32.2. The van der Waals surface area contributed by atoms with E-state index in [9.17, 15) is 13.2 Å². The molecule has 0 saturated carbocycles. The number of methoxy groups -OCH3 is 1. The second kappa shape index (κ2) is 6.93. The maximum atomic E-state index is 12.0. The van der Waals surface area contributed by atoms with Crippen LogP contribution in [0.3, 0.4) is 0 Å². The third-order valence-corrected chi connectivity index (χ3v) is 4.18. The molecule has 17 heavy (non-hydrogen) atoms. The highest BCUT2D eigenvalue weighted by Gasteiger charge is 2.24. The first-order chi connectivity index (χ1) is 7.71. The number of rotatable bonds is 7. The first-order valence-corrected chi connectivity index (χ1v) is 6.86. The summed E-state index contributed by atoms with van der Waals surface area (Å²) in [5.41, 5.74) is 0. The monoisotopic (exact) mass is 266 g/mol. The maximum Gasteiger partial charge on any atom is 0.306 e. The standard InChI is InChI=1S/C10H22N2O4S/c1-9(2)8-12(4)17(14,15)11(3)7-6-10(13)16-5/h9H,6-8H2,1-5H3. The van der Waals surface area contributed by atoms with Crippen molar-refractivity contribution in [2.45, 2.75) is 20.3 Å². The summed E-state index contributed by atoms with van der Waals surface area (Å²) < 4.78 is 30.8. The Kier molecular flexibility index (Phi) is 6.66.